The molecule has 0 bridgehead atoms. The van der Waals surface area contributed by atoms with Gasteiger partial charge in [0.2, 0.25) is 0 Å². The van der Waals surface area contributed by atoms with Crippen LogP contribution in [0.25, 0.3) is 0 Å². The van der Waals surface area contributed by atoms with Gasteiger partial charge in [0, 0.05) is 25.7 Å². The van der Waals surface area contributed by atoms with Gasteiger partial charge in [0.25, 0.3) is 0 Å². The summed E-state index contributed by atoms with van der Waals surface area (Å²) in [7, 11) is -9.99. The van der Waals surface area contributed by atoms with Crippen LogP contribution in [0, 0.1) is 0 Å². The number of aliphatic hydroxyl groups is 1. The third-order valence-electron chi connectivity index (χ3n) is 17.5. The summed E-state index contributed by atoms with van der Waals surface area (Å²) in [6, 6.07) is 0. The first-order valence-electron chi connectivity index (χ1n) is 42.7. The minimum Gasteiger partial charge on any atom is -0.462 e. The lowest BCUT2D eigenvalue weighted by atomic mass is 10.1. The number of rotatable bonds is 79. The van der Waals surface area contributed by atoms with Gasteiger partial charge in [0.15, 0.2) is 12.2 Å². The maximum absolute atomic E-state index is 13.1. The van der Waals surface area contributed by atoms with Crippen molar-refractivity contribution in [3.8, 4) is 0 Å². The van der Waals surface area contributed by atoms with Crippen LogP contribution in [0.3, 0.4) is 0 Å². The first-order chi connectivity index (χ1) is 53.7. The molecule has 0 aliphatic heterocycles. The van der Waals surface area contributed by atoms with E-state index in [1.165, 1.54) is 44.9 Å². The number of hydrogen-bond donors (Lipinski definition) is 3. The van der Waals surface area contributed by atoms with E-state index in [0.717, 1.165) is 212 Å². The third kappa shape index (κ3) is 80.7. The highest BCUT2D eigenvalue weighted by Crippen LogP contribution is 2.45. The summed E-state index contributed by atoms with van der Waals surface area (Å²) in [4.78, 5) is 73.3. The van der Waals surface area contributed by atoms with Gasteiger partial charge in [-0.05, 0) is 173 Å². The number of phosphoric ester groups is 2. The summed E-state index contributed by atoms with van der Waals surface area (Å²) in [5.41, 5.74) is 0. The van der Waals surface area contributed by atoms with E-state index in [2.05, 4.69) is 186 Å². The van der Waals surface area contributed by atoms with Gasteiger partial charge >= 0.3 is 39.5 Å². The summed E-state index contributed by atoms with van der Waals surface area (Å²) in [6.07, 6.45) is 96.3. The first kappa shape index (κ1) is 105. The zero-order chi connectivity index (χ0) is 80.3. The van der Waals surface area contributed by atoms with Crippen molar-refractivity contribution in [1.82, 2.24) is 0 Å². The van der Waals surface area contributed by atoms with E-state index >= 15 is 0 Å². The molecule has 0 aromatic rings. The molecule has 0 saturated heterocycles. The molecule has 0 radical (unpaired) electrons. The molecule has 0 aliphatic carbocycles. The minimum atomic E-state index is -5.00. The average molecular weight is 1580 g/mol. The summed E-state index contributed by atoms with van der Waals surface area (Å²) in [5, 5.41) is 10.7. The maximum atomic E-state index is 13.1. The van der Waals surface area contributed by atoms with Gasteiger partial charge in [-0.1, -0.05) is 295 Å². The normalized spacial score (nSPS) is 14.6. The Hall–Kier alpha value is -5.32. The highest BCUT2D eigenvalue weighted by molar-refractivity contribution is 7.47. The summed E-state index contributed by atoms with van der Waals surface area (Å²) in [5.74, 6) is -2.25. The predicted octanol–water partition coefficient (Wildman–Crippen LogP) is 25.6. The van der Waals surface area contributed by atoms with Gasteiger partial charge in [-0.25, -0.2) is 9.13 Å². The van der Waals surface area contributed by atoms with Crippen LogP contribution in [0.15, 0.2) is 158 Å². The second kappa shape index (κ2) is 81.7. The number of aliphatic hydroxyl groups excluding tert-OH is 1. The molecule has 110 heavy (non-hydrogen) atoms. The van der Waals surface area contributed by atoms with Crippen molar-refractivity contribution in [2.45, 2.75) is 354 Å². The van der Waals surface area contributed by atoms with Crippen LogP contribution in [0.1, 0.15) is 336 Å². The van der Waals surface area contributed by atoms with Crippen LogP contribution in [-0.2, 0) is 65.4 Å². The van der Waals surface area contributed by atoms with E-state index in [0.29, 0.717) is 25.7 Å². The molecular weight excluding hydrogens is 1430 g/mol. The molecule has 17 nitrogen and oxygen atoms in total. The van der Waals surface area contributed by atoms with E-state index < -0.39 is 97.5 Å². The molecule has 0 spiro atoms. The fourth-order valence-electron chi connectivity index (χ4n) is 11.0. The van der Waals surface area contributed by atoms with Crippen molar-refractivity contribution >= 4 is 39.5 Å². The number of unbranched alkanes of at least 4 members (excludes halogenated alkanes) is 27. The lowest BCUT2D eigenvalue weighted by molar-refractivity contribution is -0.161. The molecule has 0 aromatic carbocycles. The number of hydrogen-bond acceptors (Lipinski definition) is 15. The zero-order valence-electron chi connectivity index (χ0n) is 68.9. The summed E-state index contributed by atoms with van der Waals surface area (Å²) >= 11 is 0. The minimum absolute atomic E-state index is 0.0718. The second-order valence-corrected chi connectivity index (χ2v) is 30.9. The number of carbonyl (C=O) groups excluding carboxylic acids is 4. The third-order valence-corrected chi connectivity index (χ3v) is 19.4. The van der Waals surface area contributed by atoms with E-state index in [-0.39, 0.29) is 25.7 Å². The Morgan fingerprint density at radius 1 is 0.264 bits per heavy atom. The Morgan fingerprint density at radius 3 is 0.764 bits per heavy atom. The van der Waals surface area contributed by atoms with Crippen molar-refractivity contribution in [3.63, 3.8) is 0 Å². The molecule has 0 saturated carbocycles. The number of carbonyl (C=O) groups is 4. The van der Waals surface area contributed by atoms with Crippen molar-refractivity contribution in [2.24, 2.45) is 0 Å². The highest BCUT2D eigenvalue weighted by atomic mass is 31.2. The van der Waals surface area contributed by atoms with Gasteiger partial charge in [0.05, 0.1) is 26.4 Å². The van der Waals surface area contributed by atoms with Crippen LogP contribution in [0.2, 0.25) is 0 Å². The van der Waals surface area contributed by atoms with Gasteiger partial charge in [0.1, 0.15) is 19.3 Å². The number of esters is 4. The average Bonchev–Trinajstić information content (AvgIpc) is 0.942. The van der Waals surface area contributed by atoms with Gasteiger partial charge in [-0.2, -0.15) is 0 Å². The van der Waals surface area contributed by atoms with Crippen LogP contribution in [0.5, 0.6) is 0 Å². The molecule has 5 atom stereocenters. The smallest absolute Gasteiger partial charge is 0.462 e. The van der Waals surface area contributed by atoms with Crippen LogP contribution in [0.4, 0.5) is 0 Å². The Kier molecular flexibility index (Phi) is 77.7. The Balaban J connectivity index is 5.43. The Morgan fingerprint density at radius 2 is 0.473 bits per heavy atom. The molecule has 5 unspecified atom stereocenters. The van der Waals surface area contributed by atoms with E-state index in [9.17, 15) is 43.2 Å². The van der Waals surface area contributed by atoms with Gasteiger partial charge < -0.3 is 33.8 Å². The van der Waals surface area contributed by atoms with Crippen LogP contribution < -0.4 is 0 Å². The van der Waals surface area contributed by atoms with Crippen LogP contribution >= 0.6 is 15.6 Å². The Bertz CT molecular complexity index is 2700. The topological polar surface area (TPSA) is 237 Å². The fraction of sp³-hybridized carbons (Fsp3) is 0.670. The SMILES string of the molecule is CC/C=C\C/C=C\C/C=C\C/C=C\C/C=C\CCCCCC(=O)OCC(COP(=O)(O)OCC(O)COP(=O)(O)OCC(COC(=O)CCCCCCCC/C=C\C/C=C\C/C=C\C/C=C\CC)OC(=O)CCCCCCCC/C=C\C/C=C\C/C=C\CCCCC)OC(=O)CCCCCCC/C=C\CCCCCC. The molecule has 3 N–H and O–H groups in total. The highest BCUT2D eigenvalue weighted by Gasteiger charge is 2.30. The molecule has 19 heteroatoms. The molecule has 0 aliphatic rings. The van der Waals surface area contributed by atoms with Crippen molar-refractivity contribution in [3.05, 3.63) is 158 Å². The summed E-state index contributed by atoms with van der Waals surface area (Å²) in [6.45, 7) is 4.55. The molecule has 0 rings (SSSR count). The second-order valence-electron chi connectivity index (χ2n) is 28.0. The lowest BCUT2D eigenvalue weighted by Gasteiger charge is -2.21. The number of allylic oxidation sites excluding steroid dienone is 26. The van der Waals surface area contributed by atoms with E-state index in [4.69, 9.17) is 37.0 Å². The molecular formula is C91H152O17P2. The van der Waals surface area contributed by atoms with Crippen molar-refractivity contribution in [2.75, 3.05) is 39.6 Å². The van der Waals surface area contributed by atoms with Crippen LogP contribution in [-0.4, -0.2) is 96.7 Å². The predicted molar refractivity (Wildman–Crippen MR) is 454 cm³/mol. The maximum Gasteiger partial charge on any atom is 0.472 e. The molecule has 628 valence electrons. The van der Waals surface area contributed by atoms with E-state index in [1.54, 1.807) is 0 Å². The number of phosphoric acid groups is 2. The first-order valence-corrected chi connectivity index (χ1v) is 45.7. The standard InChI is InChI=1S/C91H152O17P2/c1-5-9-13-17-21-25-29-33-36-39-42-45-48-52-55-59-63-67-71-75-88(93)101-81-86(107-90(95)77-73-69-65-61-57-51-32-28-24-20-16-12-8-4)83-105-109(97,98)103-79-85(92)80-104-110(99,100)106-84-87(108-91(96)78-74-70-66-62-58-54-50-47-44-41-38-35-31-27-23-19-15-11-7-3)82-102-89(94)76-72-68-64-60-56-53-49-46-43-40-37-34-30-26-22-18-14-10-6-2/h9-10,13-14,21-23,25-28,32-38,42-47,52,55,85-87,92H,5-8,11-12,15-20,24,29-31,39-41,48-51,53-54,56-84H2,1-4H3,(H,97,98)(H,99,100)/b13-9-,14-10-,25-21-,26-22-,27-23-,32-28-,36-33-,37-34-,38-35-,45-42-,46-43-,47-44-,55-52-. The fourth-order valence-corrected chi connectivity index (χ4v) is 12.6. The quantitative estimate of drug-likeness (QED) is 0.0169. The van der Waals surface area contributed by atoms with Crippen molar-refractivity contribution < 1.29 is 80.2 Å². The molecule has 0 amide bonds. The molecule has 0 aromatic heterocycles. The van der Waals surface area contributed by atoms with Gasteiger partial charge in [-0.15, -0.1) is 0 Å². The van der Waals surface area contributed by atoms with E-state index in [1.807, 2.05) is 0 Å². The Labute approximate surface area is 668 Å². The zero-order valence-corrected chi connectivity index (χ0v) is 70.7. The van der Waals surface area contributed by atoms with Crippen molar-refractivity contribution in [1.29, 1.82) is 0 Å². The molecule has 0 heterocycles. The summed E-state index contributed by atoms with van der Waals surface area (Å²) < 4.78 is 68.8. The largest absolute Gasteiger partial charge is 0.472 e. The number of ether oxygens (including phenoxy) is 4. The monoisotopic (exact) mass is 1580 g/mol. The molecule has 0 fully saturated rings. The van der Waals surface area contributed by atoms with Gasteiger partial charge in [-0.3, -0.25) is 37.3 Å². The lowest BCUT2D eigenvalue weighted by Crippen LogP contribution is -2.30.